The van der Waals surface area contributed by atoms with Crippen LogP contribution in [0.4, 0.5) is 0 Å². The lowest BCUT2D eigenvalue weighted by atomic mass is 9.93. The summed E-state index contributed by atoms with van der Waals surface area (Å²) >= 11 is 0. The van der Waals surface area contributed by atoms with Crippen molar-refractivity contribution in [1.29, 1.82) is 0 Å². The van der Waals surface area contributed by atoms with E-state index in [9.17, 15) is 0 Å². The third kappa shape index (κ3) is 4.10. The van der Waals surface area contributed by atoms with Gasteiger partial charge in [0.05, 0.1) is 6.61 Å². The van der Waals surface area contributed by atoms with Crippen molar-refractivity contribution in [2.24, 2.45) is 10.9 Å². The number of aliphatic imine (C=N–C) groups is 1. The summed E-state index contributed by atoms with van der Waals surface area (Å²) in [5.74, 6) is 1.90. The van der Waals surface area contributed by atoms with E-state index >= 15 is 0 Å². The first kappa shape index (κ1) is 15.1. The number of nitrogens with zero attached hydrogens (tertiary/aromatic N) is 3. The molecule has 1 saturated carbocycles. The van der Waals surface area contributed by atoms with E-state index in [1.165, 1.54) is 32.2 Å². The van der Waals surface area contributed by atoms with E-state index in [1.807, 2.05) is 0 Å². The van der Waals surface area contributed by atoms with Gasteiger partial charge in [-0.3, -0.25) is 9.89 Å². The van der Waals surface area contributed by atoms with Gasteiger partial charge in [0.25, 0.3) is 0 Å². The van der Waals surface area contributed by atoms with Crippen LogP contribution in [-0.4, -0.2) is 74.3 Å². The second-order valence-corrected chi connectivity index (χ2v) is 6.59. The normalized spacial score (nSPS) is 28.7. The molecule has 3 aliphatic rings. The Labute approximate surface area is 128 Å². The number of guanidine groups is 1. The molecule has 0 aromatic carbocycles. The van der Waals surface area contributed by atoms with E-state index in [4.69, 9.17) is 9.73 Å². The Hall–Kier alpha value is -0.810. The zero-order valence-corrected chi connectivity index (χ0v) is 13.4. The predicted octanol–water partition coefficient (Wildman–Crippen LogP) is 1.16. The summed E-state index contributed by atoms with van der Waals surface area (Å²) in [5.41, 5.74) is 0. The highest BCUT2D eigenvalue weighted by molar-refractivity contribution is 5.80. The SMILES string of the molecule is CCN=C(NC1CCC1)N1CCN(CC2CCOC2)CC1. The third-order valence-electron chi connectivity index (χ3n) is 4.96. The van der Waals surface area contributed by atoms with E-state index in [-0.39, 0.29) is 0 Å². The molecular weight excluding hydrogens is 264 g/mol. The molecule has 1 unspecified atom stereocenters. The minimum Gasteiger partial charge on any atom is -0.381 e. The number of piperazine rings is 1. The van der Waals surface area contributed by atoms with E-state index in [2.05, 4.69) is 22.0 Å². The molecule has 2 heterocycles. The van der Waals surface area contributed by atoms with Gasteiger partial charge in [0.15, 0.2) is 5.96 Å². The van der Waals surface area contributed by atoms with Crippen LogP contribution >= 0.6 is 0 Å². The Morgan fingerprint density at radius 1 is 1.19 bits per heavy atom. The first-order valence-electron chi connectivity index (χ1n) is 8.71. The van der Waals surface area contributed by atoms with E-state index in [0.29, 0.717) is 6.04 Å². The minimum atomic E-state index is 0.670. The number of rotatable bonds is 4. The van der Waals surface area contributed by atoms with Crippen LogP contribution in [0.15, 0.2) is 4.99 Å². The van der Waals surface area contributed by atoms with Crippen molar-refractivity contribution >= 4 is 5.96 Å². The molecule has 3 fully saturated rings. The molecule has 5 nitrogen and oxygen atoms in total. The summed E-state index contributed by atoms with van der Waals surface area (Å²) in [6.45, 7) is 10.7. The summed E-state index contributed by atoms with van der Waals surface area (Å²) in [4.78, 5) is 9.74. The maximum absolute atomic E-state index is 5.49. The molecule has 3 rings (SSSR count). The molecule has 0 aromatic rings. The maximum Gasteiger partial charge on any atom is 0.194 e. The Morgan fingerprint density at radius 3 is 2.57 bits per heavy atom. The van der Waals surface area contributed by atoms with Crippen molar-refractivity contribution in [2.75, 3.05) is 52.5 Å². The molecule has 1 atom stereocenters. The van der Waals surface area contributed by atoms with Crippen LogP contribution < -0.4 is 5.32 Å². The number of nitrogens with one attached hydrogen (secondary N) is 1. The molecule has 0 amide bonds. The second kappa shape index (κ2) is 7.45. The first-order valence-corrected chi connectivity index (χ1v) is 8.71. The van der Waals surface area contributed by atoms with Crippen LogP contribution in [0.1, 0.15) is 32.6 Å². The van der Waals surface area contributed by atoms with Gasteiger partial charge in [-0.25, -0.2) is 0 Å². The van der Waals surface area contributed by atoms with Crippen LogP contribution in [0.2, 0.25) is 0 Å². The topological polar surface area (TPSA) is 40.1 Å². The van der Waals surface area contributed by atoms with Crippen molar-refractivity contribution < 1.29 is 4.74 Å². The van der Waals surface area contributed by atoms with Crippen molar-refractivity contribution in [3.63, 3.8) is 0 Å². The van der Waals surface area contributed by atoms with E-state index in [0.717, 1.165) is 57.8 Å². The average molecular weight is 294 g/mol. The highest BCUT2D eigenvalue weighted by Gasteiger charge is 2.26. The Bertz CT molecular complexity index is 342. The smallest absolute Gasteiger partial charge is 0.194 e. The van der Waals surface area contributed by atoms with Gasteiger partial charge >= 0.3 is 0 Å². The van der Waals surface area contributed by atoms with Crippen LogP contribution in [0, 0.1) is 5.92 Å². The van der Waals surface area contributed by atoms with Gasteiger partial charge < -0.3 is 15.0 Å². The number of ether oxygens (including phenoxy) is 1. The molecule has 2 aliphatic heterocycles. The highest BCUT2D eigenvalue weighted by Crippen LogP contribution is 2.19. The lowest BCUT2D eigenvalue weighted by Crippen LogP contribution is -2.55. The quantitative estimate of drug-likeness (QED) is 0.624. The fraction of sp³-hybridized carbons (Fsp3) is 0.938. The Kier molecular flexibility index (Phi) is 5.36. The molecular formula is C16H30N4O. The standard InChI is InChI=1S/C16H30N4O/c1-2-17-16(18-15-4-3-5-15)20-9-7-19(8-10-20)12-14-6-11-21-13-14/h14-15H,2-13H2,1H3,(H,17,18). The predicted molar refractivity (Wildman–Crippen MR) is 85.7 cm³/mol. The van der Waals surface area contributed by atoms with Gasteiger partial charge in [0.2, 0.25) is 0 Å². The molecule has 0 spiro atoms. The van der Waals surface area contributed by atoms with Gasteiger partial charge in [-0.2, -0.15) is 0 Å². The third-order valence-corrected chi connectivity index (χ3v) is 4.96. The van der Waals surface area contributed by atoms with Crippen LogP contribution in [-0.2, 0) is 4.74 Å². The summed E-state index contributed by atoms with van der Waals surface area (Å²) in [6, 6.07) is 0.670. The number of hydrogen-bond acceptors (Lipinski definition) is 3. The zero-order valence-electron chi connectivity index (χ0n) is 13.4. The lowest BCUT2D eigenvalue weighted by Gasteiger charge is -2.39. The Balaban J connectivity index is 1.45. The summed E-state index contributed by atoms with van der Waals surface area (Å²) in [6.07, 6.45) is 5.23. The first-order chi connectivity index (χ1) is 10.3. The fourth-order valence-corrected chi connectivity index (χ4v) is 3.36. The fourth-order valence-electron chi connectivity index (χ4n) is 3.36. The van der Waals surface area contributed by atoms with Crippen LogP contribution in [0.5, 0.6) is 0 Å². The molecule has 21 heavy (non-hydrogen) atoms. The molecule has 5 heteroatoms. The molecule has 1 aliphatic carbocycles. The van der Waals surface area contributed by atoms with E-state index in [1.54, 1.807) is 0 Å². The van der Waals surface area contributed by atoms with Gasteiger partial charge in [0.1, 0.15) is 0 Å². The van der Waals surface area contributed by atoms with Crippen molar-refractivity contribution in [3.8, 4) is 0 Å². The maximum atomic E-state index is 5.49. The van der Waals surface area contributed by atoms with Gasteiger partial charge in [-0.15, -0.1) is 0 Å². The molecule has 120 valence electrons. The zero-order chi connectivity index (χ0) is 14.5. The molecule has 0 radical (unpaired) electrons. The number of hydrogen-bond donors (Lipinski definition) is 1. The largest absolute Gasteiger partial charge is 0.381 e. The minimum absolute atomic E-state index is 0.670. The van der Waals surface area contributed by atoms with E-state index < -0.39 is 0 Å². The van der Waals surface area contributed by atoms with Crippen molar-refractivity contribution in [2.45, 2.75) is 38.6 Å². The van der Waals surface area contributed by atoms with Crippen LogP contribution in [0.25, 0.3) is 0 Å². The van der Waals surface area contributed by atoms with Crippen LogP contribution in [0.3, 0.4) is 0 Å². The summed E-state index contributed by atoms with van der Waals surface area (Å²) < 4.78 is 5.49. The van der Waals surface area contributed by atoms with Crippen molar-refractivity contribution in [1.82, 2.24) is 15.1 Å². The van der Waals surface area contributed by atoms with Crippen molar-refractivity contribution in [3.05, 3.63) is 0 Å². The average Bonchev–Trinajstić information content (AvgIpc) is 2.95. The summed E-state index contributed by atoms with van der Waals surface area (Å²) in [5, 5.41) is 3.65. The lowest BCUT2D eigenvalue weighted by molar-refractivity contribution is 0.138. The van der Waals surface area contributed by atoms with Gasteiger partial charge in [0, 0.05) is 51.9 Å². The molecule has 0 bridgehead atoms. The molecule has 2 saturated heterocycles. The monoisotopic (exact) mass is 294 g/mol. The highest BCUT2D eigenvalue weighted by atomic mass is 16.5. The summed E-state index contributed by atoms with van der Waals surface area (Å²) in [7, 11) is 0. The Morgan fingerprint density at radius 2 is 2.00 bits per heavy atom. The molecule has 1 N–H and O–H groups in total. The van der Waals surface area contributed by atoms with Gasteiger partial charge in [-0.1, -0.05) is 0 Å². The second-order valence-electron chi connectivity index (χ2n) is 6.59. The van der Waals surface area contributed by atoms with Gasteiger partial charge in [-0.05, 0) is 38.5 Å². The molecule has 0 aromatic heterocycles.